The van der Waals surface area contributed by atoms with Crippen LogP contribution in [0.3, 0.4) is 0 Å². The van der Waals surface area contributed by atoms with Gasteiger partial charge in [0.05, 0.1) is 0 Å². The summed E-state index contributed by atoms with van der Waals surface area (Å²) in [7, 11) is 0. The Hall–Kier alpha value is -3.03. The summed E-state index contributed by atoms with van der Waals surface area (Å²) in [4.78, 5) is 0. The molecular formula is C35H19Cl2F12Hf. The van der Waals surface area contributed by atoms with Crippen molar-refractivity contribution in [3.05, 3.63) is 141 Å². The van der Waals surface area contributed by atoms with Crippen molar-refractivity contribution in [1.29, 1.82) is 0 Å². The summed E-state index contributed by atoms with van der Waals surface area (Å²) in [6.07, 6.45) is -20.6. The van der Waals surface area contributed by atoms with Gasteiger partial charge in [0.1, 0.15) is 0 Å². The molecule has 2 aliphatic rings. The van der Waals surface area contributed by atoms with E-state index in [1.165, 1.54) is 0 Å². The number of fused-ring (bicyclic) bond motifs is 2. The molecule has 2 aliphatic carbocycles. The molecule has 0 saturated carbocycles. The van der Waals surface area contributed by atoms with Crippen LogP contribution in [-0.2, 0) is 49.1 Å². The average Bonchev–Trinajstić information content (AvgIpc) is 3.45. The molecule has 0 spiro atoms. The molecule has 0 saturated heterocycles. The summed E-state index contributed by atoms with van der Waals surface area (Å²) in [6.45, 7) is 1.58. The average molecular weight is 917 g/mol. The van der Waals surface area contributed by atoms with Gasteiger partial charge in [0, 0.05) is 0 Å². The predicted octanol–water partition coefficient (Wildman–Crippen LogP) is 6.01. The molecular weight excluding hydrogens is 898 g/mol. The van der Waals surface area contributed by atoms with E-state index >= 15 is 0 Å². The smallest absolute Gasteiger partial charge is 1.00 e. The van der Waals surface area contributed by atoms with Gasteiger partial charge in [-0.2, -0.15) is 0 Å². The molecule has 0 heterocycles. The molecule has 2 unspecified atom stereocenters. The van der Waals surface area contributed by atoms with Gasteiger partial charge in [-0.15, -0.1) is 0 Å². The summed E-state index contributed by atoms with van der Waals surface area (Å²) in [6, 6.07) is 15.4. The number of hydrogen-bond acceptors (Lipinski definition) is 0. The Morgan fingerprint density at radius 3 is 1.18 bits per heavy atom. The van der Waals surface area contributed by atoms with Crippen LogP contribution in [0.5, 0.6) is 0 Å². The van der Waals surface area contributed by atoms with E-state index in [4.69, 9.17) is 0 Å². The summed E-state index contributed by atoms with van der Waals surface area (Å²) < 4.78 is 167. The number of allylic oxidation sites excluding steroid dienone is 4. The van der Waals surface area contributed by atoms with Gasteiger partial charge in [0.25, 0.3) is 0 Å². The number of alkyl halides is 12. The van der Waals surface area contributed by atoms with Crippen molar-refractivity contribution in [2.45, 2.75) is 41.2 Å². The Morgan fingerprint density at radius 1 is 0.460 bits per heavy atom. The van der Waals surface area contributed by atoms with E-state index in [9.17, 15) is 52.7 Å². The van der Waals surface area contributed by atoms with Gasteiger partial charge in [0.2, 0.25) is 0 Å². The van der Waals surface area contributed by atoms with Crippen molar-refractivity contribution < 1.29 is 102 Å². The Labute approximate surface area is 304 Å². The fourth-order valence-corrected chi connectivity index (χ4v) is 8.53. The van der Waals surface area contributed by atoms with Crippen LogP contribution < -0.4 is 24.8 Å². The first kappa shape index (κ1) is 39.8. The molecule has 0 amide bonds. The van der Waals surface area contributed by atoms with Crippen molar-refractivity contribution in [3.8, 4) is 0 Å². The minimum atomic E-state index is -5.16. The minimum Gasteiger partial charge on any atom is -1.00 e. The van der Waals surface area contributed by atoms with Crippen molar-refractivity contribution in [1.82, 2.24) is 0 Å². The van der Waals surface area contributed by atoms with Gasteiger partial charge in [-0.3, -0.25) is 0 Å². The van der Waals surface area contributed by atoms with E-state index in [1.807, 2.05) is 0 Å². The van der Waals surface area contributed by atoms with E-state index in [0.717, 1.165) is 0 Å². The van der Waals surface area contributed by atoms with Crippen LogP contribution in [0.2, 0.25) is 0 Å². The molecule has 50 heavy (non-hydrogen) atoms. The Kier molecular flexibility index (Phi) is 10.7. The fourth-order valence-electron chi connectivity index (χ4n) is 6.51. The van der Waals surface area contributed by atoms with Crippen LogP contribution >= 0.6 is 0 Å². The van der Waals surface area contributed by atoms with Gasteiger partial charge >= 0.3 is 281 Å². The summed E-state index contributed by atoms with van der Waals surface area (Å²) >= 11 is 0.190. The molecule has 0 aromatic heterocycles. The number of hydrogen-bond donors (Lipinski definition) is 0. The Bertz CT molecular complexity index is 1810. The minimum absolute atomic E-state index is 0. The molecule has 6 rings (SSSR count). The van der Waals surface area contributed by atoms with Crippen LogP contribution in [0.25, 0.3) is 22.3 Å². The largest absolute Gasteiger partial charge is 1.00 e. The fraction of sp³-hybridized carbons (Fsp3) is 0.200. The molecule has 0 N–H and O–H groups in total. The van der Waals surface area contributed by atoms with Crippen molar-refractivity contribution in [2.75, 3.05) is 0 Å². The van der Waals surface area contributed by atoms with Gasteiger partial charge in [-0.25, -0.2) is 0 Å². The van der Waals surface area contributed by atoms with Gasteiger partial charge in [0.15, 0.2) is 0 Å². The topological polar surface area (TPSA) is 0 Å². The molecule has 0 radical (unpaired) electrons. The maximum Gasteiger partial charge on any atom is -1.00 e. The molecule has 0 nitrogen and oxygen atoms in total. The molecule has 0 fully saturated rings. The zero-order valence-electron chi connectivity index (χ0n) is 25.0. The molecule has 4 aromatic carbocycles. The third kappa shape index (κ3) is 7.06. The summed E-state index contributed by atoms with van der Waals surface area (Å²) in [5, 5.41) is 0. The molecule has 4 aromatic rings. The van der Waals surface area contributed by atoms with Crippen LogP contribution in [0, 0.1) is 0 Å². The van der Waals surface area contributed by atoms with Gasteiger partial charge in [-0.05, 0) is 0 Å². The van der Waals surface area contributed by atoms with Crippen LogP contribution in [0.1, 0.15) is 72.2 Å². The SMILES string of the molecule is CC1C(c2cc(C(F)(F)F)cc(C(F)(F)F)c2)=C(C2=C(c3cc(C(F)(F)F)cc(C(F)(F)F)c3)[CH]([Hf+2])c3ccccc32)c2ccccc21.[Cl-].[Cl-]. The van der Waals surface area contributed by atoms with Gasteiger partial charge in [-0.1, -0.05) is 0 Å². The maximum absolute atomic E-state index is 14.0. The number of rotatable bonds is 3. The monoisotopic (exact) mass is 917 g/mol. The third-order valence-electron chi connectivity index (χ3n) is 8.55. The van der Waals surface area contributed by atoms with Crippen molar-refractivity contribution >= 4 is 22.3 Å². The normalized spacial score (nSPS) is 17.7. The second kappa shape index (κ2) is 13.5. The third-order valence-corrected chi connectivity index (χ3v) is 10.7. The van der Waals surface area contributed by atoms with Crippen LogP contribution in [0.4, 0.5) is 52.7 Å². The summed E-state index contributed by atoms with van der Waals surface area (Å²) in [5.41, 5.74) is -4.69. The molecule has 261 valence electrons. The predicted molar refractivity (Wildman–Crippen MR) is 151 cm³/mol. The van der Waals surface area contributed by atoms with E-state index in [0.29, 0.717) is 46.5 Å². The first-order valence-electron chi connectivity index (χ1n) is 14.2. The van der Waals surface area contributed by atoms with Crippen molar-refractivity contribution in [2.24, 2.45) is 0 Å². The maximum atomic E-state index is 14.0. The number of benzene rings is 4. The van der Waals surface area contributed by atoms with Crippen LogP contribution in [0.15, 0.2) is 84.9 Å². The zero-order valence-corrected chi connectivity index (χ0v) is 30.1. The Morgan fingerprint density at radius 2 is 0.780 bits per heavy atom. The zero-order chi connectivity index (χ0) is 35.1. The van der Waals surface area contributed by atoms with E-state index in [1.54, 1.807) is 55.5 Å². The first-order valence-corrected chi connectivity index (χ1v) is 16.2. The quantitative estimate of drug-likeness (QED) is 0.175. The van der Waals surface area contributed by atoms with Crippen molar-refractivity contribution in [3.63, 3.8) is 0 Å². The second-order valence-corrected chi connectivity index (χ2v) is 13.6. The molecule has 0 bridgehead atoms. The van der Waals surface area contributed by atoms with Crippen LogP contribution in [-0.4, -0.2) is 0 Å². The van der Waals surface area contributed by atoms with E-state index in [-0.39, 0.29) is 83.6 Å². The first-order chi connectivity index (χ1) is 22.2. The molecule has 0 aliphatic heterocycles. The number of halogens is 14. The van der Waals surface area contributed by atoms with E-state index < -0.39 is 67.7 Å². The molecule has 2 atom stereocenters. The van der Waals surface area contributed by atoms with E-state index in [2.05, 4.69) is 0 Å². The Balaban J connectivity index is 0.00000281. The molecule has 15 heteroatoms. The standard InChI is InChI=1S/C35H19F12.2ClH.Hf/c1-17-25-7-4-5-9-27(25)31(29(17)20-12-23(34(42,43)44)16-24(13-20)35(45,46)47)30-26-8-3-2-6-18(26)14-28(30)19-10-21(32(36,37)38)15-22(11-19)33(39,40)41;;;/h2-17H,1H3;2*1H;/q;;;+2/p-2. The summed E-state index contributed by atoms with van der Waals surface area (Å²) in [5.74, 6) is -0.804. The van der Waals surface area contributed by atoms with Gasteiger partial charge < -0.3 is 24.8 Å². The second-order valence-electron chi connectivity index (χ2n) is 11.5.